The maximum absolute atomic E-state index is 14.1. The fraction of sp³-hybridized carbons (Fsp3) is 0.333. The van der Waals surface area contributed by atoms with E-state index in [4.69, 9.17) is 4.74 Å². The van der Waals surface area contributed by atoms with Crippen molar-refractivity contribution >= 4 is 29.4 Å². The van der Waals surface area contributed by atoms with Crippen LogP contribution in [0, 0.1) is 18.8 Å². The molecule has 1 N–H and O–H groups in total. The van der Waals surface area contributed by atoms with Crippen LogP contribution >= 0.6 is 0 Å². The van der Waals surface area contributed by atoms with E-state index in [0.29, 0.717) is 18.5 Å². The molecule has 0 spiro atoms. The SMILES string of the molecule is CCCC[C@H](C(=O)OCC(=O)Nc1cccc(C)c1)N1C(=O)[C@@H]2C3c4ccccc4C(c4ccccc43)[C@H]2C1=O. The first-order valence-electron chi connectivity index (χ1n) is 14.0. The Morgan fingerprint density at radius 1 is 0.850 bits per heavy atom. The maximum Gasteiger partial charge on any atom is 0.329 e. The third-order valence-electron chi connectivity index (χ3n) is 8.54. The van der Waals surface area contributed by atoms with Gasteiger partial charge in [0.25, 0.3) is 5.91 Å². The summed E-state index contributed by atoms with van der Waals surface area (Å²) >= 11 is 0. The second-order valence-electron chi connectivity index (χ2n) is 11.0. The van der Waals surface area contributed by atoms with Crippen LogP contribution in [0.25, 0.3) is 0 Å². The van der Waals surface area contributed by atoms with Gasteiger partial charge in [-0.25, -0.2) is 4.79 Å². The molecule has 0 aromatic heterocycles. The van der Waals surface area contributed by atoms with Crippen LogP contribution in [0.2, 0.25) is 0 Å². The lowest BCUT2D eigenvalue weighted by atomic mass is 9.55. The highest BCUT2D eigenvalue weighted by Gasteiger charge is 2.63. The van der Waals surface area contributed by atoms with Gasteiger partial charge in [0.2, 0.25) is 11.8 Å². The van der Waals surface area contributed by atoms with Gasteiger partial charge in [-0.15, -0.1) is 0 Å². The van der Waals surface area contributed by atoms with Gasteiger partial charge in [0.05, 0.1) is 11.8 Å². The molecule has 0 saturated carbocycles. The maximum atomic E-state index is 14.1. The van der Waals surface area contributed by atoms with Crippen LogP contribution in [-0.4, -0.2) is 41.2 Å². The third-order valence-corrected chi connectivity index (χ3v) is 8.54. The molecule has 3 aromatic rings. The van der Waals surface area contributed by atoms with E-state index in [1.807, 2.05) is 56.3 Å². The number of amides is 3. The van der Waals surface area contributed by atoms with Crippen LogP contribution < -0.4 is 5.32 Å². The summed E-state index contributed by atoms with van der Waals surface area (Å²) in [6.07, 6.45) is 1.71. The number of imide groups is 1. The Bertz CT molecular complexity index is 1400. The zero-order valence-corrected chi connectivity index (χ0v) is 22.6. The number of nitrogens with one attached hydrogen (secondary N) is 1. The molecule has 1 saturated heterocycles. The van der Waals surface area contributed by atoms with Gasteiger partial charge >= 0.3 is 5.97 Å². The summed E-state index contributed by atoms with van der Waals surface area (Å²) in [6, 6.07) is 22.3. The number of carbonyl (C=O) groups is 4. The molecule has 1 fully saturated rings. The van der Waals surface area contributed by atoms with Crippen LogP contribution in [0.15, 0.2) is 72.8 Å². The van der Waals surface area contributed by atoms with Crippen LogP contribution in [0.4, 0.5) is 5.69 Å². The van der Waals surface area contributed by atoms with E-state index in [1.165, 1.54) is 4.90 Å². The Balaban J connectivity index is 1.26. The Labute approximate surface area is 233 Å². The van der Waals surface area contributed by atoms with Crippen molar-refractivity contribution in [2.24, 2.45) is 11.8 Å². The number of esters is 1. The number of rotatable bonds is 8. The number of hydrogen-bond acceptors (Lipinski definition) is 5. The molecule has 1 heterocycles. The fourth-order valence-electron chi connectivity index (χ4n) is 6.91. The average molecular weight is 537 g/mol. The van der Waals surface area contributed by atoms with Gasteiger partial charge in [-0.2, -0.15) is 0 Å². The number of aryl methyl sites for hydroxylation is 1. The van der Waals surface area contributed by atoms with Crippen molar-refractivity contribution in [1.82, 2.24) is 4.90 Å². The highest BCUT2D eigenvalue weighted by molar-refractivity contribution is 6.10. The van der Waals surface area contributed by atoms with Crippen molar-refractivity contribution < 1.29 is 23.9 Å². The van der Waals surface area contributed by atoms with Crippen molar-refractivity contribution in [2.75, 3.05) is 11.9 Å². The van der Waals surface area contributed by atoms with Crippen molar-refractivity contribution in [1.29, 1.82) is 0 Å². The largest absolute Gasteiger partial charge is 0.454 e. The number of carbonyl (C=O) groups excluding carboxylic acids is 4. The van der Waals surface area contributed by atoms with Crippen molar-refractivity contribution in [3.63, 3.8) is 0 Å². The van der Waals surface area contributed by atoms with E-state index in [2.05, 4.69) is 29.6 Å². The molecule has 3 aromatic carbocycles. The van der Waals surface area contributed by atoms with Gasteiger partial charge in [-0.3, -0.25) is 19.3 Å². The van der Waals surface area contributed by atoms with Crippen molar-refractivity contribution in [3.05, 3.63) is 101 Å². The summed E-state index contributed by atoms with van der Waals surface area (Å²) < 4.78 is 5.42. The Morgan fingerprint density at radius 2 is 1.40 bits per heavy atom. The lowest BCUT2D eigenvalue weighted by Gasteiger charge is -2.45. The zero-order valence-electron chi connectivity index (χ0n) is 22.6. The predicted molar refractivity (Wildman–Crippen MR) is 149 cm³/mol. The first-order chi connectivity index (χ1) is 19.4. The molecule has 4 aliphatic rings. The van der Waals surface area contributed by atoms with Crippen LogP contribution in [0.1, 0.15) is 65.8 Å². The van der Waals surface area contributed by atoms with E-state index in [1.54, 1.807) is 6.07 Å². The summed E-state index contributed by atoms with van der Waals surface area (Å²) in [7, 11) is 0. The molecule has 3 aliphatic carbocycles. The highest BCUT2D eigenvalue weighted by atomic mass is 16.5. The van der Waals surface area contributed by atoms with Gasteiger partial charge in [0.15, 0.2) is 6.61 Å². The number of benzene rings is 3. The predicted octanol–water partition coefficient (Wildman–Crippen LogP) is 4.93. The van der Waals surface area contributed by atoms with E-state index < -0.39 is 36.4 Å². The summed E-state index contributed by atoms with van der Waals surface area (Å²) in [4.78, 5) is 55.3. The van der Waals surface area contributed by atoms with E-state index in [9.17, 15) is 19.2 Å². The molecule has 7 heteroatoms. The monoisotopic (exact) mass is 536 g/mol. The third kappa shape index (κ3) is 4.21. The second kappa shape index (κ2) is 10.4. The lowest BCUT2D eigenvalue weighted by Crippen LogP contribution is -2.47. The van der Waals surface area contributed by atoms with E-state index in [0.717, 1.165) is 34.2 Å². The molecule has 0 unspecified atom stereocenters. The van der Waals surface area contributed by atoms with Gasteiger partial charge < -0.3 is 10.1 Å². The lowest BCUT2D eigenvalue weighted by molar-refractivity contribution is -0.160. The molecule has 40 heavy (non-hydrogen) atoms. The number of nitrogens with zero attached hydrogens (tertiary/aromatic N) is 1. The highest BCUT2D eigenvalue weighted by Crippen LogP contribution is 2.61. The summed E-state index contributed by atoms with van der Waals surface area (Å²) in [5.41, 5.74) is 5.91. The van der Waals surface area contributed by atoms with Gasteiger partial charge in [0.1, 0.15) is 6.04 Å². The quantitative estimate of drug-likeness (QED) is 0.326. The molecule has 2 bridgehead atoms. The van der Waals surface area contributed by atoms with Crippen LogP contribution in [-0.2, 0) is 23.9 Å². The number of anilines is 1. The van der Waals surface area contributed by atoms with Crippen molar-refractivity contribution in [3.8, 4) is 0 Å². The number of unbranched alkanes of at least 4 members (excludes halogenated alkanes) is 1. The normalized spacial score (nSPS) is 22.8. The summed E-state index contributed by atoms with van der Waals surface area (Å²) in [5.74, 6) is -3.47. The zero-order chi connectivity index (χ0) is 28.0. The Kier molecular flexibility index (Phi) is 6.74. The Morgan fingerprint density at radius 3 is 1.90 bits per heavy atom. The molecule has 7 rings (SSSR count). The average Bonchev–Trinajstić information content (AvgIpc) is 3.22. The fourth-order valence-corrected chi connectivity index (χ4v) is 6.91. The first kappa shape index (κ1) is 26.0. The van der Waals surface area contributed by atoms with E-state index >= 15 is 0 Å². The molecule has 7 nitrogen and oxygen atoms in total. The molecular formula is C33H32N2O5. The molecule has 3 atom stereocenters. The van der Waals surface area contributed by atoms with E-state index in [-0.39, 0.29) is 23.7 Å². The molecule has 3 amide bonds. The minimum absolute atomic E-state index is 0.244. The minimum atomic E-state index is -1.07. The van der Waals surface area contributed by atoms with Gasteiger partial charge in [-0.05, 0) is 53.3 Å². The smallest absolute Gasteiger partial charge is 0.329 e. The number of hydrogen-bond donors (Lipinski definition) is 1. The van der Waals surface area contributed by atoms with Gasteiger partial charge in [-0.1, -0.05) is 80.4 Å². The standard InChI is InChI=1S/C33H32N2O5/c1-3-4-16-25(33(39)40-18-26(36)34-20-11-9-10-19(2)17-20)35-31(37)29-27-21-12-5-6-13-22(21)28(30(29)32(35)38)24-15-8-7-14-23(24)27/h5-15,17,25,27-30H,3-4,16,18H2,1-2H3,(H,34,36)/t25-,27?,28?,29-,30-/m1/s1. The summed E-state index contributed by atoms with van der Waals surface area (Å²) in [5, 5.41) is 2.72. The molecule has 1 aliphatic heterocycles. The number of ether oxygens (including phenoxy) is 1. The topological polar surface area (TPSA) is 92.8 Å². The van der Waals surface area contributed by atoms with Crippen LogP contribution in [0.3, 0.4) is 0 Å². The van der Waals surface area contributed by atoms with Crippen LogP contribution in [0.5, 0.6) is 0 Å². The molecule has 0 radical (unpaired) electrons. The first-order valence-corrected chi connectivity index (χ1v) is 14.0. The molecular weight excluding hydrogens is 504 g/mol. The van der Waals surface area contributed by atoms with Crippen molar-refractivity contribution in [2.45, 2.75) is 51.0 Å². The van der Waals surface area contributed by atoms with Gasteiger partial charge in [0, 0.05) is 17.5 Å². The Hall–Kier alpha value is -4.26. The minimum Gasteiger partial charge on any atom is -0.454 e. The summed E-state index contributed by atoms with van der Waals surface area (Å²) in [6.45, 7) is 3.40. The number of likely N-dealkylation sites (tertiary alicyclic amines) is 1. The molecule has 204 valence electrons. The second-order valence-corrected chi connectivity index (χ2v) is 11.0.